The van der Waals surface area contributed by atoms with Gasteiger partial charge in [0.05, 0.1) is 0 Å². The Kier molecular flexibility index (Phi) is 8.37. The van der Waals surface area contributed by atoms with Gasteiger partial charge < -0.3 is 15.2 Å². The van der Waals surface area contributed by atoms with E-state index in [-0.39, 0.29) is 0 Å². The van der Waals surface area contributed by atoms with Gasteiger partial charge in [0.2, 0.25) is 5.89 Å². The smallest absolute Gasteiger partial charge is 0.226 e. The van der Waals surface area contributed by atoms with Gasteiger partial charge in [0, 0.05) is 47.4 Å². The molecule has 1 fully saturated rings. The molecule has 0 amide bonds. The van der Waals surface area contributed by atoms with E-state index in [2.05, 4.69) is 32.7 Å². The van der Waals surface area contributed by atoms with E-state index in [1.165, 1.54) is 0 Å². The molecular formula is C17H31N5O2S. The van der Waals surface area contributed by atoms with E-state index in [0.29, 0.717) is 29.6 Å². The van der Waals surface area contributed by atoms with Crippen molar-refractivity contribution < 1.29 is 8.73 Å². The van der Waals surface area contributed by atoms with E-state index < -0.39 is 10.8 Å². The molecule has 0 radical (unpaired) electrons. The first kappa shape index (κ1) is 19.9. The molecule has 1 aliphatic carbocycles. The van der Waals surface area contributed by atoms with Crippen LogP contribution in [0.4, 0.5) is 0 Å². The van der Waals surface area contributed by atoms with Gasteiger partial charge in [-0.3, -0.25) is 9.20 Å². The topological polar surface area (TPSA) is 92.4 Å². The molecule has 3 unspecified atom stereocenters. The third-order valence-electron chi connectivity index (χ3n) is 4.36. The van der Waals surface area contributed by atoms with Crippen LogP contribution in [0.15, 0.2) is 9.52 Å². The fraction of sp³-hybridized carbons (Fsp3) is 0.824. The number of rotatable bonds is 8. The summed E-state index contributed by atoms with van der Waals surface area (Å²) >= 11 is 0. The van der Waals surface area contributed by atoms with Gasteiger partial charge in [0.15, 0.2) is 11.8 Å². The van der Waals surface area contributed by atoms with E-state index in [4.69, 9.17) is 4.52 Å². The minimum Gasteiger partial charge on any atom is -0.357 e. The van der Waals surface area contributed by atoms with E-state index in [1.807, 2.05) is 13.8 Å². The number of aromatic nitrogens is 2. The molecule has 1 saturated carbocycles. The highest BCUT2D eigenvalue weighted by atomic mass is 32.2. The molecule has 25 heavy (non-hydrogen) atoms. The van der Waals surface area contributed by atoms with Crippen molar-refractivity contribution in [1.82, 2.24) is 20.8 Å². The van der Waals surface area contributed by atoms with Crippen molar-refractivity contribution in [3.8, 4) is 0 Å². The first-order valence-corrected chi connectivity index (χ1v) is 10.7. The molecule has 0 spiro atoms. The molecule has 0 saturated heterocycles. The second-order valence-electron chi connectivity index (χ2n) is 6.40. The molecule has 1 aliphatic rings. The van der Waals surface area contributed by atoms with Gasteiger partial charge in [-0.2, -0.15) is 4.98 Å². The third-order valence-corrected chi connectivity index (χ3v) is 6.10. The maximum atomic E-state index is 12.1. The molecule has 0 bridgehead atoms. The van der Waals surface area contributed by atoms with Gasteiger partial charge in [0.25, 0.3) is 0 Å². The molecular weight excluding hydrogens is 338 g/mol. The average molecular weight is 370 g/mol. The Morgan fingerprint density at radius 2 is 2.24 bits per heavy atom. The zero-order valence-corrected chi connectivity index (χ0v) is 16.4. The van der Waals surface area contributed by atoms with Gasteiger partial charge in [-0.25, -0.2) is 0 Å². The van der Waals surface area contributed by atoms with Crippen molar-refractivity contribution >= 4 is 16.8 Å². The predicted molar refractivity (Wildman–Crippen MR) is 101 cm³/mol. The standard InChI is InChI=1S/C17H31N5O2S/c1-4-18-17(19-11-7-10-16-20-13(3)22-24-16)21-14-8-6-9-15(12-14)25(23)5-2/h14-15H,4-12H2,1-3H3,(H2,18,19,21). The largest absolute Gasteiger partial charge is 0.357 e. The van der Waals surface area contributed by atoms with E-state index in [1.54, 1.807) is 0 Å². The predicted octanol–water partition coefficient (Wildman–Crippen LogP) is 1.95. The van der Waals surface area contributed by atoms with Crippen LogP contribution in [-0.2, 0) is 17.2 Å². The lowest BCUT2D eigenvalue weighted by Crippen LogP contribution is -2.46. The number of nitrogens with zero attached hydrogens (tertiary/aromatic N) is 3. The highest BCUT2D eigenvalue weighted by Crippen LogP contribution is 2.22. The van der Waals surface area contributed by atoms with Crippen molar-refractivity contribution in [1.29, 1.82) is 0 Å². The van der Waals surface area contributed by atoms with E-state index in [0.717, 1.165) is 56.8 Å². The van der Waals surface area contributed by atoms with Crippen LogP contribution in [0, 0.1) is 6.92 Å². The lowest BCUT2D eigenvalue weighted by atomic mass is 9.95. The number of aryl methyl sites for hydroxylation is 2. The van der Waals surface area contributed by atoms with Gasteiger partial charge in [-0.1, -0.05) is 18.5 Å². The molecule has 1 aromatic rings. The van der Waals surface area contributed by atoms with Crippen LogP contribution in [-0.4, -0.2) is 50.4 Å². The molecule has 8 heteroatoms. The summed E-state index contributed by atoms with van der Waals surface area (Å²) in [5.74, 6) is 2.94. The molecule has 142 valence electrons. The zero-order valence-electron chi connectivity index (χ0n) is 15.6. The van der Waals surface area contributed by atoms with Gasteiger partial charge >= 0.3 is 0 Å². The summed E-state index contributed by atoms with van der Waals surface area (Å²) in [5.41, 5.74) is 0. The maximum Gasteiger partial charge on any atom is 0.226 e. The van der Waals surface area contributed by atoms with Crippen LogP contribution in [0.3, 0.4) is 0 Å². The minimum atomic E-state index is -0.702. The minimum absolute atomic E-state index is 0.319. The van der Waals surface area contributed by atoms with Crippen molar-refractivity contribution in [3.05, 3.63) is 11.7 Å². The van der Waals surface area contributed by atoms with Crippen LogP contribution >= 0.6 is 0 Å². The molecule has 1 aromatic heterocycles. The quantitative estimate of drug-likeness (QED) is 0.413. The monoisotopic (exact) mass is 369 g/mol. The first-order chi connectivity index (χ1) is 12.1. The van der Waals surface area contributed by atoms with Crippen LogP contribution in [0.25, 0.3) is 0 Å². The SMILES string of the molecule is CCNC(=NCCCc1nc(C)no1)NC1CCCC(S(=O)CC)C1. The number of guanidine groups is 1. The fourth-order valence-electron chi connectivity index (χ4n) is 3.13. The summed E-state index contributed by atoms with van der Waals surface area (Å²) in [7, 11) is -0.702. The summed E-state index contributed by atoms with van der Waals surface area (Å²) in [5, 5.41) is 10.9. The number of aliphatic imine (C=N–C) groups is 1. The molecule has 2 N–H and O–H groups in total. The van der Waals surface area contributed by atoms with E-state index >= 15 is 0 Å². The van der Waals surface area contributed by atoms with Gasteiger partial charge in [-0.05, 0) is 39.5 Å². The van der Waals surface area contributed by atoms with Gasteiger partial charge in [-0.15, -0.1) is 0 Å². The van der Waals surface area contributed by atoms with Crippen molar-refractivity contribution in [2.45, 2.75) is 70.6 Å². The molecule has 3 atom stereocenters. The van der Waals surface area contributed by atoms with E-state index in [9.17, 15) is 4.21 Å². The summed E-state index contributed by atoms with van der Waals surface area (Å²) < 4.78 is 17.2. The van der Waals surface area contributed by atoms with Crippen LogP contribution in [0.1, 0.15) is 57.7 Å². The second-order valence-corrected chi connectivity index (χ2v) is 8.40. The normalized spacial score (nSPS) is 22.6. The Morgan fingerprint density at radius 3 is 2.92 bits per heavy atom. The molecule has 0 aromatic carbocycles. The maximum absolute atomic E-state index is 12.1. The Bertz CT molecular complexity index is 575. The van der Waals surface area contributed by atoms with Crippen molar-refractivity contribution in [3.63, 3.8) is 0 Å². The Morgan fingerprint density at radius 1 is 1.40 bits per heavy atom. The summed E-state index contributed by atoms with van der Waals surface area (Å²) in [6, 6.07) is 0.352. The number of hydrogen-bond acceptors (Lipinski definition) is 5. The van der Waals surface area contributed by atoms with Crippen molar-refractivity contribution in [2.24, 2.45) is 4.99 Å². The fourth-order valence-corrected chi connectivity index (χ4v) is 4.47. The van der Waals surface area contributed by atoms with Crippen LogP contribution < -0.4 is 10.6 Å². The number of nitrogens with one attached hydrogen (secondary N) is 2. The van der Waals surface area contributed by atoms with Crippen LogP contribution in [0.2, 0.25) is 0 Å². The lowest BCUT2D eigenvalue weighted by Gasteiger charge is -2.30. The first-order valence-electron chi connectivity index (χ1n) is 9.33. The van der Waals surface area contributed by atoms with Crippen molar-refractivity contribution in [2.75, 3.05) is 18.8 Å². The Labute approximate surface area is 152 Å². The summed E-state index contributed by atoms with van der Waals surface area (Å²) in [6.07, 6.45) is 5.89. The second kappa shape index (κ2) is 10.5. The third kappa shape index (κ3) is 6.76. The molecule has 1 heterocycles. The lowest BCUT2D eigenvalue weighted by molar-refractivity contribution is 0.372. The molecule has 7 nitrogen and oxygen atoms in total. The Balaban J connectivity index is 1.81. The highest BCUT2D eigenvalue weighted by Gasteiger charge is 2.25. The zero-order chi connectivity index (χ0) is 18.1. The molecule has 0 aliphatic heterocycles. The van der Waals surface area contributed by atoms with Crippen LogP contribution in [0.5, 0.6) is 0 Å². The highest BCUT2D eigenvalue weighted by molar-refractivity contribution is 7.85. The summed E-state index contributed by atoms with van der Waals surface area (Å²) in [6.45, 7) is 7.42. The number of hydrogen-bond donors (Lipinski definition) is 2. The summed E-state index contributed by atoms with van der Waals surface area (Å²) in [4.78, 5) is 8.85. The van der Waals surface area contributed by atoms with Gasteiger partial charge in [0.1, 0.15) is 0 Å². The Hall–Kier alpha value is -1.44. The molecule has 2 rings (SSSR count). The average Bonchev–Trinajstić information content (AvgIpc) is 3.03.